The molecule has 4 nitrogen and oxygen atoms in total. The summed E-state index contributed by atoms with van der Waals surface area (Å²) in [5, 5.41) is 23.0. The van der Waals surface area contributed by atoms with E-state index in [0.717, 1.165) is 49.9 Å². The van der Waals surface area contributed by atoms with E-state index in [2.05, 4.69) is 10.3 Å². The normalized spacial score (nSPS) is 13.3. The first-order valence-corrected chi connectivity index (χ1v) is 5.05. The minimum Gasteiger partial charge on any atom is -0.411 e. The molecule has 0 heterocycles. The van der Waals surface area contributed by atoms with Crippen LogP contribution in [-0.2, 0) is 0 Å². The summed E-state index contributed by atoms with van der Waals surface area (Å²) in [6, 6.07) is 0. The van der Waals surface area contributed by atoms with E-state index in [9.17, 15) is 0 Å². The van der Waals surface area contributed by atoms with Gasteiger partial charge in [0.1, 0.15) is 0 Å². The van der Waals surface area contributed by atoms with Crippen LogP contribution in [0.3, 0.4) is 0 Å². The molecule has 0 unspecified atom stereocenters. The first kappa shape index (κ1) is 12.9. The van der Waals surface area contributed by atoms with Gasteiger partial charge in [0.05, 0.1) is 11.4 Å². The lowest BCUT2D eigenvalue weighted by Gasteiger charge is -2.00. The highest BCUT2D eigenvalue weighted by Crippen LogP contribution is 2.06. The van der Waals surface area contributed by atoms with Gasteiger partial charge in [-0.25, -0.2) is 0 Å². The molecule has 0 bridgehead atoms. The molecule has 0 rings (SSSR count). The van der Waals surface area contributed by atoms with E-state index in [1.807, 2.05) is 13.8 Å². The summed E-state index contributed by atoms with van der Waals surface area (Å²) < 4.78 is 0. The van der Waals surface area contributed by atoms with Crippen LogP contribution >= 0.6 is 0 Å². The molecule has 4 heteroatoms. The molecular weight excluding hydrogens is 180 g/mol. The van der Waals surface area contributed by atoms with E-state index >= 15 is 0 Å². The van der Waals surface area contributed by atoms with Gasteiger partial charge in [0.2, 0.25) is 0 Å². The van der Waals surface area contributed by atoms with Crippen LogP contribution < -0.4 is 0 Å². The average molecular weight is 200 g/mol. The highest BCUT2D eigenvalue weighted by atomic mass is 16.4. The molecule has 0 aliphatic carbocycles. The summed E-state index contributed by atoms with van der Waals surface area (Å²) >= 11 is 0. The van der Waals surface area contributed by atoms with Crippen LogP contribution in [-0.4, -0.2) is 21.8 Å². The van der Waals surface area contributed by atoms with Gasteiger partial charge in [-0.05, 0) is 39.5 Å². The molecule has 82 valence electrons. The molecule has 0 aromatic rings. The first-order valence-electron chi connectivity index (χ1n) is 5.05. The van der Waals surface area contributed by atoms with Gasteiger partial charge in [0.25, 0.3) is 0 Å². The molecule has 0 aromatic carbocycles. The van der Waals surface area contributed by atoms with E-state index in [-0.39, 0.29) is 0 Å². The highest BCUT2D eigenvalue weighted by Gasteiger charge is 1.95. The standard InChI is InChI=1S/C10H20N2O2/c1-9(11-13)7-5-3-4-6-8-10(2)12-14/h13-14H,3-8H2,1-2H3/b11-9+,12-10+. The molecule has 0 fully saturated rings. The predicted molar refractivity (Wildman–Crippen MR) is 57.5 cm³/mol. The van der Waals surface area contributed by atoms with Crippen molar-refractivity contribution in [2.24, 2.45) is 10.3 Å². The molecule has 2 N–H and O–H groups in total. The maximum atomic E-state index is 8.39. The second-order valence-corrected chi connectivity index (χ2v) is 3.58. The zero-order valence-electron chi connectivity index (χ0n) is 9.03. The van der Waals surface area contributed by atoms with Crippen molar-refractivity contribution >= 4 is 11.4 Å². The van der Waals surface area contributed by atoms with Gasteiger partial charge >= 0.3 is 0 Å². The second kappa shape index (κ2) is 8.53. The Balaban J connectivity index is 3.22. The Bertz CT molecular complexity index is 178. The van der Waals surface area contributed by atoms with Crippen LogP contribution in [0, 0.1) is 0 Å². The molecule has 0 atom stereocenters. The van der Waals surface area contributed by atoms with Crippen molar-refractivity contribution in [1.29, 1.82) is 0 Å². The fourth-order valence-electron chi connectivity index (χ4n) is 1.22. The Morgan fingerprint density at radius 2 is 1.14 bits per heavy atom. The minimum atomic E-state index is 0.790. The molecule has 0 aliphatic heterocycles. The summed E-state index contributed by atoms with van der Waals surface area (Å²) in [5.74, 6) is 0. The number of oxime groups is 2. The molecule has 0 aromatic heterocycles. The summed E-state index contributed by atoms with van der Waals surface area (Å²) in [5.41, 5.74) is 1.58. The van der Waals surface area contributed by atoms with Gasteiger partial charge in [0, 0.05) is 0 Å². The van der Waals surface area contributed by atoms with Crippen LogP contribution in [0.15, 0.2) is 10.3 Å². The first-order chi connectivity index (χ1) is 6.70. The molecule has 0 spiro atoms. The smallest absolute Gasteiger partial charge is 0.0540 e. The fourth-order valence-corrected chi connectivity index (χ4v) is 1.22. The lowest BCUT2D eigenvalue weighted by atomic mass is 10.1. The van der Waals surface area contributed by atoms with Crippen molar-refractivity contribution in [3.05, 3.63) is 0 Å². The van der Waals surface area contributed by atoms with Crippen LogP contribution in [0.2, 0.25) is 0 Å². The molecule has 0 saturated carbocycles. The second-order valence-electron chi connectivity index (χ2n) is 3.58. The predicted octanol–water partition coefficient (Wildman–Crippen LogP) is 3.03. The largest absolute Gasteiger partial charge is 0.411 e. The van der Waals surface area contributed by atoms with Gasteiger partial charge < -0.3 is 10.4 Å². The van der Waals surface area contributed by atoms with Gasteiger partial charge in [-0.1, -0.05) is 23.2 Å². The van der Waals surface area contributed by atoms with Crippen molar-refractivity contribution in [2.75, 3.05) is 0 Å². The van der Waals surface area contributed by atoms with Crippen molar-refractivity contribution in [3.63, 3.8) is 0 Å². The van der Waals surface area contributed by atoms with Crippen LogP contribution in [0.25, 0.3) is 0 Å². The van der Waals surface area contributed by atoms with Gasteiger partial charge in [-0.15, -0.1) is 0 Å². The lowest BCUT2D eigenvalue weighted by Crippen LogP contribution is -1.93. The van der Waals surface area contributed by atoms with E-state index in [1.54, 1.807) is 0 Å². The Kier molecular flexibility index (Phi) is 7.89. The number of rotatable bonds is 7. The number of nitrogens with zero attached hydrogens (tertiary/aromatic N) is 2. The number of hydrogen-bond donors (Lipinski definition) is 2. The van der Waals surface area contributed by atoms with E-state index in [1.165, 1.54) is 0 Å². The Labute approximate surface area is 85.3 Å². The van der Waals surface area contributed by atoms with E-state index < -0.39 is 0 Å². The van der Waals surface area contributed by atoms with E-state index in [4.69, 9.17) is 10.4 Å². The summed E-state index contributed by atoms with van der Waals surface area (Å²) in [6.45, 7) is 3.64. The third-order valence-corrected chi connectivity index (χ3v) is 2.17. The monoisotopic (exact) mass is 200 g/mol. The maximum Gasteiger partial charge on any atom is 0.0540 e. The maximum absolute atomic E-state index is 8.39. The van der Waals surface area contributed by atoms with Gasteiger partial charge in [0.15, 0.2) is 0 Å². The fraction of sp³-hybridized carbons (Fsp3) is 0.800. The Morgan fingerprint density at radius 3 is 1.43 bits per heavy atom. The molecule has 0 aliphatic rings. The summed E-state index contributed by atoms with van der Waals surface area (Å²) in [7, 11) is 0. The molecule has 0 radical (unpaired) electrons. The highest BCUT2D eigenvalue weighted by molar-refractivity contribution is 5.81. The topological polar surface area (TPSA) is 65.2 Å². The number of hydrogen-bond acceptors (Lipinski definition) is 4. The number of unbranched alkanes of at least 4 members (excludes halogenated alkanes) is 3. The Hall–Kier alpha value is -1.06. The Morgan fingerprint density at radius 1 is 0.786 bits per heavy atom. The lowest BCUT2D eigenvalue weighted by molar-refractivity contribution is 0.316. The summed E-state index contributed by atoms with van der Waals surface area (Å²) in [6.07, 6.45) is 6.11. The van der Waals surface area contributed by atoms with Crippen molar-refractivity contribution in [1.82, 2.24) is 0 Å². The van der Waals surface area contributed by atoms with Crippen molar-refractivity contribution in [2.45, 2.75) is 52.4 Å². The van der Waals surface area contributed by atoms with Gasteiger partial charge in [-0.3, -0.25) is 0 Å². The zero-order valence-corrected chi connectivity index (χ0v) is 9.03. The van der Waals surface area contributed by atoms with Crippen LogP contribution in [0.5, 0.6) is 0 Å². The van der Waals surface area contributed by atoms with Crippen LogP contribution in [0.1, 0.15) is 52.4 Å². The minimum absolute atomic E-state index is 0.790. The third-order valence-electron chi connectivity index (χ3n) is 2.17. The van der Waals surface area contributed by atoms with Gasteiger partial charge in [-0.2, -0.15) is 0 Å². The van der Waals surface area contributed by atoms with Crippen molar-refractivity contribution in [3.8, 4) is 0 Å². The average Bonchev–Trinajstić information content (AvgIpc) is 2.22. The summed E-state index contributed by atoms with van der Waals surface area (Å²) in [4.78, 5) is 0. The third kappa shape index (κ3) is 7.58. The molecule has 0 saturated heterocycles. The quantitative estimate of drug-likeness (QED) is 0.287. The zero-order chi connectivity index (χ0) is 10.8. The van der Waals surface area contributed by atoms with E-state index in [0.29, 0.717) is 0 Å². The molecular formula is C10H20N2O2. The SMILES string of the molecule is C/C(CCCCCC/C(C)=N/O)=N\O. The molecule has 14 heavy (non-hydrogen) atoms. The van der Waals surface area contributed by atoms with Crippen molar-refractivity contribution < 1.29 is 10.4 Å². The molecule has 0 amide bonds. The van der Waals surface area contributed by atoms with Crippen LogP contribution in [0.4, 0.5) is 0 Å².